The summed E-state index contributed by atoms with van der Waals surface area (Å²) in [7, 11) is 0. The first-order chi connectivity index (χ1) is 19.9. The number of aryl methyl sites for hydroxylation is 1. The predicted octanol–water partition coefficient (Wildman–Crippen LogP) is 6.66. The molecule has 0 saturated carbocycles. The lowest BCUT2D eigenvalue weighted by Gasteiger charge is -2.17. The van der Waals surface area contributed by atoms with Gasteiger partial charge in [-0.2, -0.15) is 10.5 Å². The average molecular weight is 569 g/mol. The number of carbonyl (C=O) groups is 1. The van der Waals surface area contributed by atoms with Crippen LogP contribution < -0.4 is 14.8 Å². The van der Waals surface area contributed by atoms with Crippen LogP contribution in [0.3, 0.4) is 0 Å². The van der Waals surface area contributed by atoms with E-state index in [0.717, 1.165) is 36.1 Å². The number of nitrogens with zero attached hydrogens (tertiary/aromatic N) is 3. The fourth-order valence-electron chi connectivity index (χ4n) is 4.67. The Morgan fingerprint density at radius 3 is 2.73 bits per heavy atom. The molecule has 4 rings (SSSR count). The lowest BCUT2D eigenvalue weighted by molar-refractivity contribution is -0.384. The molecule has 2 aromatic carbocycles. The van der Waals surface area contributed by atoms with Crippen molar-refractivity contribution in [3.8, 4) is 23.6 Å². The Hall–Kier alpha value is -4.93. The molecule has 0 spiro atoms. The van der Waals surface area contributed by atoms with E-state index in [1.165, 1.54) is 29.5 Å². The molecule has 0 aliphatic heterocycles. The summed E-state index contributed by atoms with van der Waals surface area (Å²) in [6.07, 6.45) is 7.32. The van der Waals surface area contributed by atoms with Crippen molar-refractivity contribution >= 4 is 34.0 Å². The third-order valence-electron chi connectivity index (χ3n) is 6.51. The quantitative estimate of drug-likeness (QED) is 0.0897. The van der Waals surface area contributed by atoms with Crippen LogP contribution in [0.5, 0.6) is 11.5 Å². The number of carbonyl (C=O) groups excluding carboxylic acids is 1. The molecule has 9 nitrogen and oxygen atoms in total. The second kappa shape index (κ2) is 13.4. The Bertz CT molecular complexity index is 1610. The van der Waals surface area contributed by atoms with Gasteiger partial charge in [0.15, 0.2) is 11.5 Å². The standard InChI is InChI=1S/C31H28N4O5S/c1-3-8-22-13-21(16-27(39-4-2)29(22)40-19-20-9-7-10-24(15-20)35(37)38)14-23(17-32)30(36)34-31-26(18-33)25-11-5-6-12-28(25)41-31/h3,7,9-10,13-16H,1,4-6,8,11-12,19H2,2H3,(H,34,36)/b23-14+. The van der Waals surface area contributed by atoms with E-state index in [9.17, 15) is 25.4 Å². The van der Waals surface area contributed by atoms with Crippen LogP contribution in [0.15, 0.2) is 54.6 Å². The van der Waals surface area contributed by atoms with Crippen LogP contribution in [0.1, 0.15) is 52.5 Å². The summed E-state index contributed by atoms with van der Waals surface area (Å²) in [4.78, 5) is 24.9. The van der Waals surface area contributed by atoms with Gasteiger partial charge in [0.05, 0.1) is 17.1 Å². The highest BCUT2D eigenvalue weighted by atomic mass is 32.1. The van der Waals surface area contributed by atoms with Gasteiger partial charge in [-0.25, -0.2) is 0 Å². The fourth-order valence-corrected chi connectivity index (χ4v) is 5.91. The maximum absolute atomic E-state index is 13.1. The second-order valence-corrected chi connectivity index (χ2v) is 10.4. The monoisotopic (exact) mass is 568 g/mol. The van der Waals surface area contributed by atoms with Crippen molar-refractivity contribution in [1.29, 1.82) is 10.5 Å². The van der Waals surface area contributed by atoms with E-state index in [4.69, 9.17) is 9.47 Å². The predicted molar refractivity (Wildman–Crippen MR) is 157 cm³/mol. The third-order valence-corrected chi connectivity index (χ3v) is 7.72. The Balaban J connectivity index is 1.63. The third kappa shape index (κ3) is 6.81. The number of nitro groups is 1. The lowest BCUT2D eigenvalue weighted by Crippen LogP contribution is -2.13. The SMILES string of the molecule is C=CCc1cc(/C=C(\C#N)C(=O)Nc2sc3c(c2C#N)CCCC3)cc(OCC)c1OCc1cccc([N+](=O)[O-])c1. The summed E-state index contributed by atoms with van der Waals surface area (Å²) in [5.74, 6) is 0.247. The minimum absolute atomic E-state index is 0.0325. The van der Waals surface area contributed by atoms with Crippen LogP contribution in [0, 0.1) is 32.8 Å². The molecule has 1 N–H and O–H groups in total. The molecular weight excluding hydrogens is 540 g/mol. The van der Waals surface area contributed by atoms with E-state index in [2.05, 4.69) is 18.0 Å². The van der Waals surface area contributed by atoms with Gasteiger partial charge < -0.3 is 14.8 Å². The number of thiophene rings is 1. The van der Waals surface area contributed by atoms with Gasteiger partial charge in [0.25, 0.3) is 11.6 Å². The molecule has 1 aromatic heterocycles. The second-order valence-electron chi connectivity index (χ2n) is 9.30. The molecular formula is C31H28N4O5S. The fraction of sp³-hybridized carbons (Fsp3) is 0.258. The van der Waals surface area contributed by atoms with Crippen molar-refractivity contribution in [3.63, 3.8) is 0 Å². The number of anilines is 1. The van der Waals surface area contributed by atoms with Crippen LogP contribution in [-0.2, 0) is 30.7 Å². The summed E-state index contributed by atoms with van der Waals surface area (Å²) >= 11 is 1.40. The number of nitrogens with one attached hydrogen (secondary N) is 1. The highest BCUT2D eigenvalue weighted by molar-refractivity contribution is 7.16. The van der Waals surface area contributed by atoms with Gasteiger partial charge in [-0.1, -0.05) is 18.2 Å². The van der Waals surface area contributed by atoms with Crippen molar-refractivity contribution in [2.45, 2.75) is 45.6 Å². The van der Waals surface area contributed by atoms with Gasteiger partial charge in [0.2, 0.25) is 0 Å². The van der Waals surface area contributed by atoms with Crippen molar-refractivity contribution in [2.24, 2.45) is 0 Å². The normalized spacial score (nSPS) is 12.4. The first kappa shape index (κ1) is 29.1. The summed E-state index contributed by atoms with van der Waals surface area (Å²) in [6.45, 7) is 6.04. The minimum Gasteiger partial charge on any atom is -0.490 e. The number of amides is 1. The number of hydrogen-bond acceptors (Lipinski definition) is 8. The largest absolute Gasteiger partial charge is 0.490 e. The number of rotatable bonds is 11. The number of fused-ring (bicyclic) bond motifs is 1. The Morgan fingerprint density at radius 1 is 1.22 bits per heavy atom. The Kier molecular flexibility index (Phi) is 9.51. The molecule has 41 heavy (non-hydrogen) atoms. The molecule has 3 aromatic rings. The van der Waals surface area contributed by atoms with Gasteiger partial charge in [-0.3, -0.25) is 14.9 Å². The molecule has 208 valence electrons. The number of nitro benzene ring substituents is 1. The highest BCUT2D eigenvalue weighted by Gasteiger charge is 2.23. The van der Waals surface area contributed by atoms with E-state index >= 15 is 0 Å². The average Bonchev–Trinajstić information content (AvgIpc) is 3.32. The molecule has 1 aliphatic rings. The maximum Gasteiger partial charge on any atom is 0.269 e. The molecule has 0 atom stereocenters. The number of ether oxygens (including phenoxy) is 2. The summed E-state index contributed by atoms with van der Waals surface area (Å²) in [5.41, 5.74) is 3.19. The number of non-ortho nitro benzene ring substituents is 1. The zero-order valence-corrected chi connectivity index (χ0v) is 23.4. The zero-order valence-electron chi connectivity index (χ0n) is 22.6. The number of nitriles is 2. The summed E-state index contributed by atoms with van der Waals surface area (Å²) < 4.78 is 11.9. The van der Waals surface area contributed by atoms with Crippen LogP contribution >= 0.6 is 11.3 Å². The van der Waals surface area contributed by atoms with E-state index < -0.39 is 10.8 Å². The van der Waals surface area contributed by atoms with E-state index in [0.29, 0.717) is 51.8 Å². The molecule has 0 unspecified atom stereocenters. The minimum atomic E-state index is -0.600. The van der Waals surface area contributed by atoms with Gasteiger partial charge >= 0.3 is 0 Å². The van der Waals surface area contributed by atoms with Crippen molar-refractivity contribution in [2.75, 3.05) is 11.9 Å². The van der Waals surface area contributed by atoms with Crippen LogP contribution in [0.2, 0.25) is 0 Å². The van der Waals surface area contributed by atoms with Gasteiger partial charge in [-0.15, -0.1) is 17.9 Å². The van der Waals surface area contributed by atoms with Crippen molar-refractivity contribution < 1.29 is 19.2 Å². The number of benzene rings is 2. The Morgan fingerprint density at radius 2 is 2.02 bits per heavy atom. The van der Waals surface area contributed by atoms with E-state index in [1.807, 2.05) is 13.0 Å². The lowest BCUT2D eigenvalue weighted by atomic mass is 9.96. The number of allylic oxidation sites excluding steroid dienone is 1. The van der Waals surface area contributed by atoms with Gasteiger partial charge in [-0.05, 0) is 73.9 Å². The Labute approximate surface area is 242 Å². The molecule has 1 aliphatic carbocycles. The first-order valence-corrected chi connectivity index (χ1v) is 13.9. The molecule has 1 heterocycles. The molecule has 0 saturated heterocycles. The first-order valence-electron chi connectivity index (χ1n) is 13.1. The molecule has 1 amide bonds. The molecule has 0 radical (unpaired) electrons. The number of hydrogen-bond donors (Lipinski definition) is 1. The molecule has 10 heteroatoms. The van der Waals surface area contributed by atoms with Crippen LogP contribution in [0.25, 0.3) is 6.08 Å². The van der Waals surface area contributed by atoms with E-state index in [-0.39, 0.29) is 17.9 Å². The molecule has 0 fully saturated rings. The smallest absolute Gasteiger partial charge is 0.269 e. The van der Waals surface area contributed by atoms with E-state index in [1.54, 1.807) is 30.3 Å². The van der Waals surface area contributed by atoms with Crippen molar-refractivity contribution in [1.82, 2.24) is 0 Å². The van der Waals surface area contributed by atoms with Gasteiger partial charge in [0, 0.05) is 22.6 Å². The van der Waals surface area contributed by atoms with Crippen molar-refractivity contribution in [3.05, 3.63) is 97.4 Å². The van der Waals surface area contributed by atoms with Crippen LogP contribution in [0.4, 0.5) is 10.7 Å². The zero-order chi connectivity index (χ0) is 29.4. The summed E-state index contributed by atoms with van der Waals surface area (Å²) in [5, 5.41) is 33.9. The topological polar surface area (TPSA) is 138 Å². The molecule has 0 bridgehead atoms. The maximum atomic E-state index is 13.1. The summed E-state index contributed by atoms with van der Waals surface area (Å²) in [6, 6.07) is 13.8. The van der Waals surface area contributed by atoms with Crippen LogP contribution in [-0.4, -0.2) is 17.4 Å². The van der Waals surface area contributed by atoms with Gasteiger partial charge in [0.1, 0.15) is 29.3 Å². The highest BCUT2D eigenvalue weighted by Crippen LogP contribution is 2.38.